The highest BCUT2D eigenvalue weighted by molar-refractivity contribution is 5.14. The molecule has 0 amide bonds. The normalized spacial score (nSPS) is 11.7. The third-order valence-electron chi connectivity index (χ3n) is 2.45. The van der Waals surface area contributed by atoms with Crippen LogP contribution in [-0.4, -0.2) is 0 Å². The summed E-state index contributed by atoms with van der Waals surface area (Å²) >= 11 is 0. The van der Waals surface area contributed by atoms with Gasteiger partial charge in [0.1, 0.15) is 0 Å². The summed E-state index contributed by atoms with van der Waals surface area (Å²) in [6, 6.07) is 0. The molecular formula is C13H24. The van der Waals surface area contributed by atoms with Gasteiger partial charge in [0.15, 0.2) is 0 Å². The largest absolute Gasteiger partial charge is 0.0988 e. The number of allylic oxidation sites excluding steroid dienone is 3. The fraction of sp³-hybridized carbons (Fsp3) is 0.692. The van der Waals surface area contributed by atoms with E-state index in [1.807, 2.05) is 6.08 Å². The predicted molar refractivity (Wildman–Crippen MR) is 61.9 cm³/mol. The van der Waals surface area contributed by atoms with E-state index >= 15 is 0 Å². The molecule has 0 atom stereocenters. The van der Waals surface area contributed by atoms with Gasteiger partial charge in [-0.25, -0.2) is 0 Å². The van der Waals surface area contributed by atoms with Crippen LogP contribution < -0.4 is 0 Å². The zero-order valence-corrected chi connectivity index (χ0v) is 9.31. The number of rotatable bonds is 8. The maximum atomic E-state index is 3.79. The van der Waals surface area contributed by atoms with Gasteiger partial charge >= 0.3 is 0 Å². The van der Waals surface area contributed by atoms with E-state index in [2.05, 4.69) is 26.5 Å². The van der Waals surface area contributed by atoms with Crippen LogP contribution in [0.15, 0.2) is 24.3 Å². The first kappa shape index (κ1) is 12.5. The van der Waals surface area contributed by atoms with Crippen LogP contribution in [0.3, 0.4) is 0 Å². The van der Waals surface area contributed by atoms with Crippen molar-refractivity contribution in [1.82, 2.24) is 0 Å². The van der Waals surface area contributed by atoms with Crippen molar-refractivity contribution in [3.63, 3.8) is 0 Å². The van der Waals surface area contributed by atoms with Gasteiger partial charge in [-0.1, -0.05) is 63.3 Å². The fourth-order valence-corrected chi connectivity index (χ4v) is 1.47. The van der Waals surface area contributed by atoms with Crippen LogP contribution in [-0.2, 0) is 0 Å². The number of hydrogen-bond donors (Lipinski definition) is 0. The van der Waals surface area contributed by atoms with Crippen molar-refractivity contribution in [3.05, 3.63) is 24.3 Å². The van der Waals surface area contributed by atoms with E-state index < -0.39 is 0 Å². The Morgan fingerprint density at radius 1 is 1.08 bits per heavy atom. The van der Waals surface area contributed by atoms with Crippen molar-refractivity contribution >= 4 is 0 Å². The quantitative estimate of drug-likeness (QED) is 0.369. The molecule has 0 aromatic carbocycles. The van der Waals surface area contributed by atoms with Gasteiger partial charge in [-0.05, 0) is 19.8 Å². The Hall–Kier alpha value is -0.520. The number of unbranched alkanes of at least 4 members (excludes halogenated alkanes) is 5. The monoisotopic (exact) mass is 180 g/mol. The molecule has 0 fully saturated rings. The lowest BCUT2D eigenvalue weighted by molar-refractivity contribution is 0.608. The topological polar surface area (TPSA) is 0 Å². The molecule has 0 nitrogen and oxygen atoms in total. The molecule has 0 heterocycles. The molecule has 76 valence electrons. The SMILES string of the molecule is C=CC(=CC)CCCCCCCC. The van der Waals surface area contributed by atoms with Crippen LogP contribution in [0.5, 0.6) is 0 Å². The average Bonchev–Trinajstić information content (AvgIpc) is 2.17. The molecule has 0 aliphatic rings. The van der Waals surface area contributed by atoms with E-state index in [0.717, 1.165) is 0 Å². The molecule has 0 saturated heterocycles. The molecule has 0 aromatic heterocycles. The van der Waals surface area contributed by atoms with Crippen LogP contribution in [0, 0.1) is 0 Å². The maximum absolute atomic E-state index is 3.79. The zero-order valence-electron chi connectivity index (χ0n) is 9.31. The van der Waals surface area contributed by atoms with Crippen molar-refractivity contribution in [2.24, 2.45) is 0 Å². The van der Waals surface area contributed by atoms with E-state index in [4.69, 9.17) is 0 Å². The molecule has 0 aromatic rings. The average molecular weight is 180 g/mol. The molecular weight excluding hydrogens is 156 g/mol. The van der Waals surface area contributed by atoms with Crippen LogP contribution in [0.1, 0.15) is 58.8 Å². The van der Waals surface area contributed by atoms with Gasteiger partial charge in [0.2, 0.25) is 0 Å². The summed E-state index contributed by atoms with van der Waals surface area (Å²) in [4.78, 5) is 0. The molecule has 0 aliphatic heterocycles. The summed E-state index contributed by atoms with van der Waals surface area (Å²) in [5.74, 6) is 0. The van der Waals surface area contributed by atoms with Gasteiger partial charge in [-0.2, -0.15) is 0 Å². The number of hydrogen-bond acceptors (Lipinski definition) is 0. The Morgan fingerprint density at radius 2 is 1.69 bits per heavy atom. The molecule has 13 heavy (non-hydrogen) atoms. The Morgan fingerprint density at radius 3 is 2.23 bits per heavy atom. The molecule has 0 saturated carbocycles. The summed E-state index contributed by atoms with van der Waals surface area (Å²) in [6.07, 6.45) is 13.6. The third kappa shape index (κ3) is 7.83. The molecule has 0 radical (unpaired) electrons. The highest BCUT2D eigenvalue weighted by atomic mass is 14.0. The van der Waals surface area contributed by atoms with Gasteiger partial charge in [0, 0.05) is 0 Å². The van der Waals surface area contributed by atoms with Crippen LogP contribution in [0.2, 0.25) is 0 Å². The molecule has 0 unspecified atom stereocenters. The van der Waals surface area contributed by atoms with Gasteiger partial charge < -0.3 is 0 Å². The second-order valence-electron chi connectivity index (χ2n) is 3.59. The van der Waals surface area contributed by atoms with E-state index in [1.165, 1.54) is 50.5 Å². The van der Waals surface area contributed by atoms with Gasteiger partial charge in [0.05, 0.1) is 0 Å². The van der Waals surface area contributed by atoms with Crippen molar-refractivity contribution in [2.45, 2.75) is 58.8 Å². The Labute approximate surface area is 83.7 Å². The van der Waals surface area contributed by atoms with Crippen molar-refractivity contribution < 1.29 is 0 Å². The van der Waals surface area contributed by atoms with E-state index in [9.17, 15) is 0 Å². The third-order valence-corrected chi connectivity index (χ3v) is 2.45. The second-order valence-corrected chi connectivity index (χ2v) is 3.59. The summed E-state index contributed by atoms with van der Waals surface area (Å²) in [7, 11) is 0. The summed E-state index contributed by atoms with van der Waals surface area (Å²) in [5.41, 5.74) is 1.40. The molecule has 0 aliphatic carbocycles. The first-order valence-corrected chi connectivity index (χ1v) is 5.62. The Bertz CT molecular complexity index is 142. The van der Waals surface area contributed by atoms with E-state index in [0.29, 0.717) is 0 Å². The predicted octanol–water partition coefficient (Wildman–Crippen LogP) is 4.87. The highest BCUT2D eigenvalue weighted by Crippen LogP contribution is 2.11. The molecule has 0 spiro atoms. The lowest BCUT2D eigenvalue weighted by atomic mass is 10.1. The molecule has 0 heteroatoms. The first-order chi connectivity index (χ1) is 6.35. The molecule has 0 rings (SSSR count). The van der Waals surface area contributed by atoms with Gasteiger partial charge in [0.25, 0.3) is 0 Å². The highest BCUT2D eigenvalue weighted by Gasteiger charge is 1.92. The van der Waals surface area contributed by atoms with Crippen molar-refractivity contribution in [3.8, 4) is 0 Å². The Balaban J connectivity index is 3.20. The first-order valence-electron chi connectivity index (χ1n) is 5.62. The summed E-state index contributed by atoms with van der Waals surface area (Å²) in [6.45, 7) is 8.14. The minimum atomic E-state index is 1.21. The standard InChI is InChI=1S/C13H24/c1-4-7-8-9-10-11-12-13(5-2)6-3/h5-6H,2,4,7-12H2,1,3H3. The lowest BCUT2D eigenvalue weighted by Crippen LogP contribution is -1.81. The maximum Gasteiger partial charge on any atom is -0.0282 e. The van der Waals surface area contributed by atoms with Gasteiger partial charge in [-0.3, -0.25) is 0 Å². The fourth-order valence-electron chi connectivity index (χ4n) is 1.47. The van der Waals surface area contributed by atoms with Crippen LogP contribution in [0.4, 0.5) is 0 Å². The zero-order chi connectivity index (χ0) is 9.94. The summed E-state index contributed by atoms with van der Waals surface area (Å²) < 4.78 is 0. The van der Waals surface area contributed by atoms with Gasteiger partial charge in [-0.15, -0.1) is 0 Å². The Kier molecular flexibility index (Phi) is 9.18. The minimum absolute atomic E-state index is 1.21. The smallest absolute Gasteiger partial charge is 0.0282 e. The minimum Gasteiger partial charge on any atom is -0.0988 e. The lowest BCUT2D eigenvalue weighted by Gasteiger charge is -2.01. The molecule has 0 N–H and O–H groups in total. The second kappa shape index (κ2) is 9.57. The summed E-state index contributed by atoms with van der Waals surface area (Å²) in [5, 5.41) is 0. The van der Waals surface area contributed by atoms with E-state index in [-0.39, 0.29) is 0 Å². The van der Waals surface area contributed by atoms with Crippen LogP contribution in [0.25, 0.3) is 0 Å². The van der Waals surface area contributed by atoms with Crippen LogP contribution >= 0.6 is 0 Å². The van der Waals surface area contributed by atoms with Crippen molar-refractivity contribution in [1.29, 1.82) is 0 Å². The van der Waals surface area contributed by atoms with E-state index in [1.54, 1.807) is 0 Å². The molecule has 0 bridgehead atoms. The van der Waals surface area contributed by atoms with Crippen molar-refractivity contribution in [2.75, 3.05) is 0 Å².